The lowest BCUT2D eigenvalue weighted by molar-refractivity contribution is -0.161. The minimum atomic E-state index is -1.03. The molecule has 256 valence electrons. The largest absolute Gasteiger partial charge is 0.480 e. The van der Waals surface area contributed by atoms with E-state index in [-0.39, 0.29) is 22.6 Å². The number of nitrogens with one attached hydrogen (secondary N) is 2. The second-order valence-corrected chi connectivity index (χ2v) is 16.5. The quantitative estimate of drug-likeness (QED) is 0.209. The van der Waals surface area contributed by atoms with Crippen LogP contribution in [0.25, 0.3) is 0 Å². The zero-order valence-corrected chi connectivity index (χ0v) is 28.2. The first-order chi connectivity index (χ1) is 22.5. The van der Waals surface area contributed by atoms with Gasteiger partial charge in [-0.3, -0.25) is 19.2 Å². The van der Waals surface area contributed by atoms with E-state index in [1.54, 1.807) is 76.2 Å². The molecular formula is C32H38N6O8S2. The molecule has 4 fully saturated rings. The number of nitrogens with two attached hydrogens (primary N) is 2. The van der Waals surface area contributed by atoms with Gasteiger partial charge in [-0.25, -0.2) is 9.59 Å². The van der Waals surface area contributed by atoms with Gasteiger partial charge in [0, 0.05) is 9.49 Å². The fourth-order valence-electron chi connectivity index (χ4n) is 6.40. The third-order valence-electron chi connectivity index (χ3n) is 8.83. The van der Waals surface area contributed by atoms with Crippen molar-refractivity contribution in [2.45, 2.75) is 84.2 Å². The Balaban J connectivity index is 0.000000188. The number of carbonyl (C=O) groups is 6. The monoisotopic (exact) mass is 698 g/mol. The SMILES string of the molecule is CC1(C)S[C@@H]2[C@H](NC(=O)[C@H](N)c3ccccc3)C(=O)N2[C@H]1C(=O)O.CC1(C)S[C@@H]2[C@H](NC(=O)[C@H](N)c3ccccc3)C(=O)N2[C@H]1C(=O)O. The molecule has 4 saturated heterocycles. The molecule has 4 aliphatic heterocycles. The molecule has 48 heavy (non-hydrogen) atoms. The summed E-state index contributed by atoms with van der Waals surface area (Å²) in [6, 6.07) is 12.8. The molecule has 0 spiro atoms. The number of aliphatic carboxylic acids is 2. The molecular weight excluding hydrogens is 661 g/mol. The summed E-state index contributed by atoms with van der Waals surface area (Å²) < 4.78 is -1.24. The predicted molar refractivity (Wildman–Crippen MR) is 178 cm³/mol. The summed E-state index contributed by atoms with van der Waals surface area (Å²) >= 11 is 2.77. The number of amides is 4. The van der Waals surface area contributed by atoms with Crippen molar-refractivity contribution in [2.24, 2.45) is 11.5 Å². The number of carbonyl (C=O) groups excluding carboxylic acids is 4. The highest BCUT2D eigenvalue weighted by molar-refractivity contribution is 8.02. The van der Waals surface area contributed by atoms with Crippen molar-refractivity contribution in [1.82, 2.24) is 20.4 Å². The van der Waals surface area contributed by atoms with Crippen LogP contribution in [-0.4, -0.2) is 100.0 Å². The highest BCUT2D eigenvalue weighted by Gasteiger charge is 2.65. The smallest absolute Gasteiger partial charge is 0.327 e. The van der Waals surface area contributed by atoms with E-state index in [0.29, 0.717) is 11.1 Å². The van der Waals surface area contributed by atoms with Gasteiger partial charge in [-0.15, -0.1) is 23.5 Å². The standard InChI is InChI=1S/2C16H19N3O4S/c2*1-16(2)11(15(22)23)19-13(21)10(14(19)24-16)18-12(20)9(17)8-6-4-3-5-7-8/h2*3-7,9-11,14H,17H2,1-2H3,(H,18,20)(H,22,23)/t2*9-,10-,11+,14-/m11/s1. The van der Waals surface area contributed by atoms with Crippen LogP contribution in [0.4, 0.5) is 0 Å². The van der Waals surface area contributed by atoms with Gasteiger partial charge in [-0.2, -0.15) is 0 Å². The fourth-order valence-corrected chi connectivity index (χ4v) is 9.65. The Kier molecular flexibility index (Phi) is 9.58. The first-order valence-electron chi connectivity index (χ1n) is 15.2. The lowest BCUT2D eigenvalue weighted by Gasteiger charge is -2.43. The Bertz CT molecular complexity index is 1510. The van der Waals surface area contributed by atoms with Gasteiger partial charge < -0.3 is 42.1 Å². The molecule has 6 rings (SSSR count). The van der Waals surface area contributed by atoms with Crippen LogP contribution in [0.1, 0.15) is 50.9 Å². The van der Waals surface area contributed by atoms with E-state index in [0.717, 1.165) is 0 Å². The number of fused-ring (bicyclic) bond motifs is 2. The van der Waals surface area contributed by atoms with E-state index in [2.05, 4.69) is 10.6 Å². The zero-order chi connectivity index (χ0) is 35.3. The lowest BCUT2D eigenvalue weighted by Crippen LogP contribution is -2.71. The molecule has 0 aromatic heterocycles. The lowest BCUT2D eigenvalue weighted by atomic mass is 9.95. The predicted octanol–water partition coefficient (Wildman–Crippen LogP) is 0.636. The summed E-state index contributed by atoms with van der Waals surface area (Å²) in [7, 11) is 0. The molecule has 0 saturated carbocycles. The summed E-state index contributed by atoms with van der Waals surface area (Å²) in [5.74, 6) is -3.71. The number of β-lactam (4-membered cyclic amide) rings is 2. The van der Waals surface area contributed by atoms with Crippen molar-refractivity contribution in [1.29, 1.82) is 0 Å². The van der Waals surface area contributed by atoms with Gasteiger partial charge in [0.05, 0.1) is 0 Å². The van der Waals surface area contributed by atoms with Crippen LogP contribution in [0.15, 0.2) is 60.7 Å². The average molecular weight is 699 g/mol. The van der Waals surface area contributed by atoms with E-state index in [9.17, 15) is 39.0 Å². The molecule has 4 amide bonds. The van der Waals surface area contributed by atoms with E-state index in [1.165, 1.54) is 33.3 Å². The molecule has 16 heteroatoms. The summed E-state index contributed by atoms with van der Waals surface area (Å²) in [5, 5.41) is 23.3. The van der Waals surface area contributed by atoms with Crippen molar-refractivity contribution in [2.75, 3.05) is 0 Å². The van der Waals surface area contributed by atoms with Crippen LogP contribution in [0, 0.1) is 0 Å². The Morgan fingerprint density at radius 1 is 0.667 bits per heavy atom. The van der Waals surface area contributed by atoms with Crippen molar-refractivity contribution >= 4 is 59.1 Å². The van der Waals surface area contributed by atoms with Gasteiger partial charge in [0.2, 0.25) is 23.6 Å². The third kappa shape index (κ3) is 6.24. The number of nitrogens with zero attached hydrogens (tertiary/aromatic N) is 2. The van der Waals surface area contributed by atoms with Crippen LogP contribution >= 0.6 is 23.5 Å². The number of hydrogen-bond donors (Lipinski definition) is 6. The molecule has 4 heterocycles. The van der Waals surface area contributed by atoms with Gasteiger partial charge >= 0.3 is 11.9 Å². The molecule has 2 aromatic carbocycles. The van der Waals surface area contributed by atoms with E-state index in [4.69, 9.17) is 11.5 Å². The van der Waals surface area contributed by atoms with Gasteiger partial charge in [0.1, 0.15) is 47.0 Å². The number of carboxylic acid groups (broad SMARTS) is 2. The summed E-state index contributed by atoms with van der Waals surface area (Å²) in [5.41, 5.74) is 13.2. The maximum atomic E-state index is 12.3. The van der Waals surface area contributed by atoms with Gasteiger partial charge in [-0.05, 0) is 38.8 Å². The van der Waals surface area contributed by atoms with Crippen LogP contribution in [0.3, 0.4) is 0 Å². The van der Waals surface area contributed by atoms with Crippen LogP contribution < -0.4 is 22.1 Å². The Morgan fingerprint density at radius 3 is 1.27 bits per heavy atom. The number of thioether (sulfide) groups is 2. The number of rotatable bonds is 8. The highest BCUT2D eigenvalue weighted by Crippen LogP contribution is 2.52. The van der Waals surface area contributed by atoms with Crippen molar-refractivity contribution in [3.8, 4) is 0 Å². The molecule has 8 N–H and O–H groups in total. The summed E-state index contributed by atoms with van der Waals surface area (Å²) in [4.78, 5) is 74.9. The second kappa shape index (κ2) is 13.1. The van der Waals surface area contributed by atoms with Crippen LogP contribution in [-0.2, 0) is 28.8 Å². The Hall–Kier alpha value is -4.12. The maximum Gasteiger partial charge on any atom is 0.327 e. The number of hydrogen-bond acceptors (Lipinski definition) is 10. The molecule has 4 aliphatic rings. The molecule has 2 aromatic rings. The number of carboxylic acids is 2. The minimum Gasteiger partial charge on any atom is -0.480 e. The Morgan fingerprint density at radius 2 is 0.979 bits per heavy atom. The molecule has 0 radical (unpaired) electrons. The molecule has 8 atom stereocenters. The minimum absolute atomic E-state index is 0.375. The first kappa shape index (κ1) is 35.2. The molecule has 0 bridgehead atoms. The zero-order valence-electron chi connectivity index (χ0n) is 26.6. The molecule has 0 aliphatic carbocycles. The van der Waals surface area contributed by atoms with E-state index in [1.807, 2.05) is 12.1 Å². The van der Waals surface area contributed by atoms with Crippen LogP contribution in [0.2, 0.25) is 0 Å². The first-order valence-corrected chi connectivity index (χ1v) is 16.9. The normalized spacial score (nSPS) is 28.7. The second-order valence-electron chi connectivity index (χ2n) is 12.9. The topological polar surface area (TPSA) is 225 Å². The van der Waals surface area contributed by atoms with Gasteiger partial charge in [-0.1, -0.05) is 60.7 Å². The Labute approximate surface area is 285 Å². The third-order valence-corrected chi connectivity index (χ3v) is 12.0. The number of benzene rings is 2. The summed E-state index contributed by atoms with van der Waals surface area (Å²) in [6.45, 7) is 7.15. The highest BCUT2D eigenvalue weighted by atomic mass is 32.2. The average Bonchev–Trinajstić information content (AvgIpc) is 3.47. The molecule has 14 nitrogen and oxygen atoms in total. The van der Waals surface area contributed by atoms with Crippen molar-refractivity contribution < 1.29 is 39.0 Å². The maximum absolute atomic E-state index is 12.3. The van der Waals surface area contributed by atoms with E-state index < -0.39 is 69.5 Å². The van der Waals surface area contributed by atoms with Crippen molar-refractivity contribution in [3.63, 3.8) is 0 Å². The summed E-state index contributed by atoms with van der Waals surface area (Å²) in [6.07, 6.45) is 0. The van der Waals surface area contributed by atoms with Crippen LogP contribution in [0.5, 0.6) is 0 Å². The van der Waals surface area contributed by atoms with E-state index >= 15 is 0 Å². The molecule has 0 unspecified atom stereocenters. The van der Waals surface area contributed by atoms with Crippen molar-refractivity contribution in [3.05, 3.63) is 71.8 Å². The fraction of sp³-hybridized carbons (Fsp3) is 0.438. The van der Waals surface area contributed by atoms with Gasteiger partial charge in [0.15, 0.2) is 0 Å². The van der Waals surface area contributed by atoms with Gasteiger partial charge in [0.25, 0.3) is 0 Å².